The average Bonchev–Trinajstić information content (AvgIpc) is 3.17. The van der Waals surface area contributed by atoms with Crippen molar-refractivity contribution in [3.05, 3.63) is 59.7 Å². The molecule has 2 amide bonds. The van der Waals surface area contributed by atoms with Crippen LogP contribution in [0.2, 0.25) is 0 Å². The molecule has 0 aromatic heterocycles. The first-order chi connectivity index (χ1) is 14.5. The molecule has 1 saturated heterocycles. The Labute approximate surface area is 176 Å². The summed E-state index contributed by atoms with van der Waals surface area (Å²) >= 11 is 0. The minimum atomic E-state index is -0.668. The maximum atomic E-state index is 13.2. The Kier molecular flexibility index (Phi) is 6.84. The largest absolute Gasteiger partial charge is 0.399 e. The maximum Gasteiger partial charge on any atom is 0.254 e. The summed E-state index contributed by atoms with van der Waals surface area (Å²) in [5.41, 5.74) is 4.45. The number of oxime groups is 1. The van der Waals surface area contributed by atoms with Gasteiger partial charge in [-0.15, -0.1) is 0 Å². The van der Waals surface area contributed by atoms with E-state index >= 15 is 0 Å². The van der Waals surface area contributed by atoms with E-state index < -0.39 is 6.04 Å². The van der Waals surface area contributed by atoms with Crippen molar-refractivity contribution >= 4 is 17.5 Å². The second-order valence-corrected chi connectivity index (χ2v) is 7.37. The molecule has 158 valence electrons. The summed E-state index contributed by atoms with van der Waals surface area (Å²) < 4.78 is 0. The molecular formula is C23H27N3O4. The molecule has 0 radical (unpaired) electrons. The van der Waals surface area contributed by atoms with E-state index in [1.807, 2.05) is 43.3 Å². The summed E-state index contributed by atoms with van der Waals surface area (Å²) in [6, 6.07) is 14.8. The highest BCUT2D eigenvalue weighted by atomic mass is 16.6. The lowest BCUT2D eigenvalue weighted by Crippen LogP contribution is -2.47. The minimum Gasteiger partial charge on any atom is -0.399 e. The smallest absolute Gasteiger partial charge is 0.254 e. The highest BCUT2D eigenvalue weighted by Gasteiger charge is 2.39. The summed E-state index contributed by atoms with van der Waals surface area (Å²) in [5, 5.41) is 13.1. The van der Waals surface area contributed by atoms with Gasteiger partial charge in [0.25, 0.3) is 5.91 Å². The summed E-state index contributed by atoms with van der Waals surface area (Å²) in [6.45, 7) is 2.35. The van der Waals surface area contributed by atoms with Crippen LogP contribution in [0.4, 0.5) is 0 Å². The number of hydrogen-bond acceptors (Lipinski definition) is 5. The van der Waals surface area contributed by atoms with Crippen molar-refractivity contribution in [2.45, 2.75) is 19.4 Å². The molecule has 7 heteroatoms. The number of amides is 2. The fourth-order valence-electron chi connectivity index (χ4n) is 3.70. The zero-order chi connectivity index (χ0) is 21.7. The second kappa shape index (κ2) is 9.54. The number of hydrogen-bond donors (Lipinski definition) is 1. The molecule has 1 aliphatic rings. The second-order valence-electron chi connectivity index (χ2n) is 7.37. The SMILES string of the molecule is CON=C1C[C@@H](C(=O)N(C)CCO)N(C(=O)c2ccc(-c3ccccc3C)cc2)C1. The van der Waals surface area contributed by atoms with Crippen LogP contribution in [0.1, 0.15) is 22.3 Å². The van der Waals surface area contributed by atoms with Gasteiger partial charge < -0.3 is 19.7 Å². The molecule has 0 unspecified atom stereocenters. The zero-order valence-electron chi connectivity index (χ0n) is 17.5. The number of carbonyl (C=O) groups is 2. The minimum absolute atomic E-state index is 0.137. The molecule has 1 N–H and O–H groups in total. The van der Waals surface area contributed by atoms with Crippen molar-refractivity contribution in [1.82, 2.24) is 9.80 Å². The lowest BCUT2D eigenvalue weighted by Gasteiger charge is -2.27. The number of rotatable bonds is 6. The number of likely N-dealkylation sites (tertiary alicyclic amines) is 1. The van der Waals surface area contributed by atoms with E-state index in [1.54, 1.807) is 19.2 Å². The Morgan fingerprint density at radius 3 is 2.53 bits per heavy atom. The monoisotopic (exact) mass is 409 g/mol. The predicted molar refractivity (Wildman–Crippen MR) is 115 cm³/mol. The van der Waals surface area contributed by atoms with Crippen molar-refractivity contribution in [3.63, 3.8) is 0 Å². The van der Waals surface area contributed by atoms with Crippen LogP contribution < -0.4 is 0 Å². The number of aryl methyl sites for hydroxylation is 1. The average molecular weight is 409 g/mol. The van der Waals surface area contributed by atoms with Gasteiger partial charge in [-0.25, -0.2) is 0 Å². The van der Waals surface area contributed by atoms with Crippen LogP contribution in [-0.4, -0.2) is 72.3 Å². The van der Waals surface area contributed by atoms with Crippen molar-refractivity contribution in [2.75, 3.05) is 33.9 Å². The van der Waals surface area contributed by atoms with Crippen LogP contribution in [0.25, 0.3) is 11.1 Å². The van der Waals surface area contributed by atoms with Crippen molar-refractivity contribution in [2.24, 2.45) is 5.16 Å². The molecule has 7 nitrogen and oxygen atoms in total. The van der Waals surface area contributed by atoms with Crippen molar-refractivity contribution in [3.8, 4) is 11.1 Å². The van der Waals surface area contributed by atoms with E-state index in [-0.39, 0.29) is 31.5 Å². The van der Waals surface area contributed by atoms with E-state index in [0.29, 0.717) is 17.7 Å². The molecule has 30 heavy (non-hydrogen) atoms. The third kappa shape index (κ3) is 4.52. The van der Waals surface area contributed by atoms with Crippen LogP contribution in [0.5, 0.6) is 0 Å². The molecule has 1 heterocycles. The number of aliphatic hydroxyl groups is 1. The van der Waals surface area contributed by atoms with Gasteiger partial charge in [-0.3, -0.25) is 9.59 Å². The molecule has 0 bridgehead atoms. The first-order valence-corrected chi connectivity index (χ1v) is 9.88. The van der Waals surface area contributed by atoms with Gasteiger partial charge in [0.05, 0.1) is 18.9 Å². The van der Waals surface area contributed by atoms with Crippen LogP contribution in [0.3, 0.4) is 0 Å². The van der Waals surface area contributed by atoms with Gasteiger partial charge in [0.15, 0.2) is 0 Å². The normalized spacial score (nSPS) is 17.3. The number of carbonyl (C=O) groups excluding carboxylic acids is 2. The zero-order valence-corrected chi connectivity index (χ0v) is 17.5. The Balaban J connectivity index is 1.84. The third-order valence-electron chi connectivity index (χ3n) is 5.32. The van der Waals surface area contributed by atoms with E-state index in [4.69, 9.17) is 9.94 Å². The summed E-state index contributed by atoms with van der Waals surface area (Å²) in [6.07, 6.45) is 0.315. The van der Waals surface area contributed by atoms with E-state index in [1.165, 1.54) is 16.9 Å². The van der Waals surface area contributed by atoms with E-state index in [2.05, 4.69) is 5.16 Å². The molecule has 2 aromatic carbocycles. The predicted octanol–water partition coefficient (Wildman–Crippen LogP) is 2.33. The van der Waals surface area contributed by atoms with Gasteiger partial charge in [0.2, 0.25) is 5.91 Å². The maximum absolute atomic E-state index is 13.2. The number of nitrogens with zero attached hydrogens (tertiary/aromatic N) is 3. The molecule has 1 fully saturated rings. The molecule has 0 aliphatic carbocycles. The van der Waals surface area contributed by atoms with E-state index in [9.17, 15) is 9.59 Å². The fraction of sp³-hybridized carbons (Fsp3) is 0.348. The Morgan fingerprint density at radius 1 is 1.20 bits per heavy atom. The third-order valence-corrected chi connectivity index (χ3v) is 5.32. The van der Waals surface area contributed by atoms with Gasteiger partial charge in [-0.05, 0) is 35.7 Å². The summed E-state index contributed by atoms with van der Waals surface area (Å²) in [5.74, 6) is -0.460. The van der Waals surface area contributed by atoms with Gasteiger partial charge in [0, 0.05) is 25.6 Å². The molecule has 1 atom stereocenters. The van der Waals surface area contributed by atoms with E-state index in [0.717, 1.165) is 16.7 Å². The topological polar surface area (TPSA) is 82.4 Å². The first-order valence-electron chi connectivity index (χ1n) is 9.88. The van der Waals surface area contributed by atoms with Gasteiger partial charge in [0.1, 0.15) is 13.2 Å². The Bertz CT molecular complexity index is 940. The Hall–Kier alpha value is -3.19. The molecule has 2 aromatic rings. The van der Waals surface area contributed by atoms with Crippen LogP contribution in [0, 0.1) is 6.92 Å². The lowest BCUT2D eigenvalue weighted by atomic mass is 9.99. The number of aliphatic hydroxyl groups excluding tert-OH is 1. The van der Waals surface area contributed by atoms with Crippen LogP contribution in [-0.2, 0) is 9.63 Å². The quantitative estimate of drug-likeness (QED) is 0.743. The highest BCUT2D eigenvalue weighted by Crippen LogP contribution is 2.25. The molecule has 3 rings (SSSR count). The van der Waals surface area contributed by atoms with Crippen molar-refractivity contribution in [1.29, 1.82) is 0 Å². The lowest BCUT2D eigenvalue weighted by molar-refractivity contribution is -0.134. The molecule has 0 spiro atoms. The summed E-state index contributed by atoms with van der Waals surface area (Å²) in [7, 11) is 3.06. The van der Waals surface area contributed by atoms with Gasteiger partial charge >= 0.3 is 0 Å². The standard InChI is InChI=1S/C23H27N3O4/c1-16-6-4-5-7-20(16)17-8-10-18(11-9-17)22(28)26-15-19(24-30-3)14-21(26)23(29)25(2)12-13-27/h4-11,21,27H,12-15H2,1-3H3/t21-/m0/s1. The number of benzene rings is 2. The van der Waals surface area contributed by atoms with Gasteiger partial charge in [-0.2, -0.15) is 0 Å². The van der Waals surface area contributed by atoms with Crippen LogP contribution >= 0.6 is 0 Å². The molecule has 0 saturated carbocycles. The van der Waals surface area contributed by atoms with Gasteiger partial charge in [-0.1, -0.05) is 41.6 Å². The molecular weight excluding hydrogens is 382 g/mol. The molecule has 1 aliphatic heterocycles. The fourth-order valence-corrected chi connectivity index (χ4v) is 3.70. The van der Waals surface area contributed by atoms with Crippen LogP contribution in [0.15, 0.2) is 53.7 Å². The van der Waals surface area contributed by atoms with Crippen molar-refractivity contribution < 1.29 is 19.5 Å². The summed E-state index contributed by atoms with van der Waals surface area (Å²) in [4.78, 5) is 33.9. The highest BCUT2D eigenvalue weighted by molar-refractivity contribution is 6.05. The first kappa shape index (κ1) is 21.5. The Morgan fingerprint density at radius 2 is 1.90 bits per heavy atom. The number of likely N-dealkylation sites (N-methyl/N-ethyl adjacent to an activating group) is 1.